The Bertz CT molecular complexity index is 1560. The van der Waals surface area contributed by atoms with Crippen LogP contribution in [0.4, 0.5) is 17.1 Å². The van der Waals surface area contributed by atoms with Crippen molar-refractivity contribution in [1.82, 2.24) is 4.57 Å². The first-order valence-corrected chi connectivity index (χ1v) is 14.3. The van der Waals surface area contributed by atoms with Crippen LogP contribution in [0, 0.1) is 24.2 Å². The highest BCUT2D eigenvalue weighted by atomic mass is 32.2. The lowest BCUT2D eigenvalue weighted by Gasteiger charge is -2.21. The van der Waals surface area contributed by atoms with Crippen LogP contribution in [0.15, 0.2) is 58.2 Å². The fourth-order valence-corrected chi connectivity index (χ4v) is 5.25. The summed E-state index contributed by atoms with van der Waals surface area (Å²) in [5.41, 5.74) is 6.28. The maximum absolute atomic E-state index is 12.9. The second-order valence-electron chi connectivity index (χ2n) is 9.41. The second kappa shape index (κ2) is 13.0. The number of pyridine rings is 1. The van der Waals surface area contributed by atoms with Crippen LogP contribution < -0.4 is 21.1 Å². The molecule has 2 aromatic carbocycles. The third kappa shape index (κ3) is 6.92. The lowest BCUT2D eigenvalue weighted by Crippen LogP contribution is -2.28. The quantitative estimate of drug-likeness (QED) is 0.180. The number of anilines is 3. The first-order valence-electron chi connectivity index (χ1n) is 12.9. The van der Waals surface area contributed by atoms with E-state index in [2.05, 4.69) is 22.5 Å². The molecule has 0 saturated carbocycles. The Morgan fingerprint density at radius 2 is 1.68 bits per heavy atom. The Kier molecular flexibility index (Phi) is 9.79. The monoisotopic (exact) mass is 567 g/mol. The van der Waals surface area contributed by atoms with E-state index in [4.69, 9.17) is 5.11 Å². The van der Waals surface area contributed by atoms with Crippen molar-refractivity contribution in [3.63, 3.8) is 0 Å². The van der Waals surface area contributed by atoms with E-state index in [0.717, 1.165) is 25.7 Å². The summed E-state index contributed by atoms with van der Waals surface area (Å²) in [5, 5.41) is 29.6. The third-order valence-corrected chi connectivity index (χ3v) is 8.06. The summed E-state index contributed by atoms with van der Waals surface area (Å²) in [6, 6.07) is 13.0. The van der Waals surface area contributed by atoms with Crippen LogP contribution in [0.1, 0.15) is 61.0 Å². The summed E-state index contributed by atoms with van der Waals surface area (Å²) < 4.78 is 29.1. The summed E-state index contributed by atoms with van der Waals surface area (Å²) >= 11 is 0. The number of aromatic carboxylic acids is 1. The van der Waals surface area contributed by atoms with Gasteiger partial charge in [0.25, 0.3) is 15.6 Å². The molecule has 1 aromatic heterocycles. The van der Waals surface area contributed by atoms with Gasteiger partial charge in [0.1, 0.15) is 17.3 Å². The minimum atomic E-state index is -3.94. The molecular weight excluding hydrogens is 534 g/mol. The van der Waals surface area contributed by atoms with Crippen molar-refractivity contribution in [2.24, 2.45) is 5.92 Å². The zero-order chi connectivity index (χ0) is 29.4. The number of nitrogens with zero attached hydrogens (tertiary/aromatic N) is 2. The SMILES string of the molecule is CCCCC(CC)Cn1c(O)c(NNc2ccc(S(=O)(=O)Nc3ccc(C(=O)O)cc3)cc2)c(C)c(C#N)c1=O. The van der Waals surface area contributed by atoms with Gasteiger partial charge in [0.2, 0.25) is 5.88 Å². The Morgan fingerprint density at radius 3 is 2.23 bits per heavy atom. The van der Waals surface area contributed by atoms with Crippen molar-refractivity contribution in [2.45, 2.75) is 57.9 Å². The summed E-state index contributed by atoms with van der Waals surface area (Å²) in [6.07, 6.45) is 3.73. The molecule has 0 aliphatic carbocycles. The number of nitriles is 1. The molecule has 0 bridgehead atoms. The zero-order valence-corrected chi connectivity index (χ0v) is 23.4. The minimum Gasteiger partial charge on any atom is -0.493 e. The highest BCUT2D eigenvalue weighted by molar-refractivity contribution is 7.92. The number of unbranched alkanes of at least 4 members (excludes halogenated alkanes) is 1. The first kappa shape index (κ1) is 30.0. The number of benzene rings is 2. The average molecular weight is 568 g/mol. The molecule has 5 N–H and O–H groups in total. The molecule has 1 atom stereocenters. The van der Waals surface area contributed by atoms with Gasteiger partial charge in [-0.05, 0) is 67.8 Å². The van der Waals surface area contributed by atoms with Gasteiger partial charge in [-0.25, -0.2) is 13.2 Å². The topological polar surface area (TPSA) is 174 Å². The fourth-order valence-electron chi connectivity index (χ4n) is 4.19. The van der Waals surface area contributed by atoms with Crippen LogP contribution in [0.25, 0.3) is 0 Å². The largest absolute Gasteiger partial charge is 0.493 e. The van der Waals surface area contributed by atoms with E-state index < -0.39 is 21.6 Å². The summed E-state index contributed by atoms with van der Waals surface area (Å²) in [7, 11) is -3.94. The predicted octanol–water partition coefficient (Wildman–Crippen LogP) is 4.89. The van der Waals surface area contributed by atoms with Crippen molar-refractivity contribution in [3.05, 3.63) is 75.6 Å². The molecule has 0 amide bonds. The average Bonchev–Trinajstić information content (AvgIpc) is 2.93. The van der Waals surface area contributed by atoms with Gasteiger partial charge in [0.15, 0.2) is 0 Å². The van der Waals surface area contributed by atoms with Crippen molar-refractivity contribution in [2.75, 3.05) is 15.6 Å². The molecular formula is C28H33N5O6S. The molecule has 12 heteroatoms. The van der Waals surface area contributed by atoms with Crippen molar-refractivity contribution in [3.8, 4) is 11.9 Å². The van der Waals surface area contributed by atoms with Crippen LogP contribution in [0.2, 0.25) is 0 Å². The standard InChI is InChI=1S/C28H33N5O6S/c1-4-6-7-19(5-2)17-33-26(34)24(16-29)18(3)25(27(33)35)31-30-21-12-14-23(15-13-21)40(38,39)32-22-10-8-20(9-11-22)28(36)37/h8-15,19,30-32,35H,4-7,17H2,1-3H3,(H,36,37). The fraction of sp³-hybridized carbons (Fsp3) is 0.321. The van der Waals surface area contributed by atoms with Crippen molar-refractivity contribution < 1.29 is 23.4 Å². The van der Waals surface area contributed by atoms with Gasteiger partial charge in [-0.1, -0.05) is 33.1 Å². The molecule has 1 heterocycles. The van der Waals surface area contributed by atoms with E-state index in [9.17, 15) is 28.4 Å². The number of hydrogen-bond acceptors (Lipinski definition) is 8. The van der Waals surface area contributed by atoms with Gasteiger partial charge in [-0.15, -0.1) is 0 Å². The number of sulfonamides is 1. The Labute approximate surface area is 233 Å². The van der Waals surface area contributed by atoms with Gasteiger partial charge in [-0.2, -0.15) is 5.26 Å². The van der Waals surface area contributed by atoms with E-state index in [1.807, 2.05) is 13.0 Å². The number of carboxylic acids is 1. The maximum atomic E-state index is 12.9. The number of nitrogens with one attached hydrogen (secondary N) is 3. The number of aromatic nitrogens is 1. The van der Waals surface area contributed by atoms with Crippen LogP contribution in [0.5, 0.6) is 5.88 Å². The molecule has 40 heavy (non-hydrogen) atoms. The predicted molar refractivity (Wildman–Crippen MR) is 153 cm³/mol. The molecule has 1 unspecified atom stereocenters. The highest BCUT2D eigenvalue weighted by Gasteiger charge is 2.21. The highest BCUT2D eigenvalue weighted by Crippen LogP contribution is 2.29. The van der Waals surface area contributed by atoms with Gasteiger partial charge in [-0.3, -0.25) is 19.5 Å². The van der Waals surface area contributed by atoms with Crippen molar-refractivity contribution in [1.29, 1.82) is 5.26 Å². The zero-order valence-electron chi connectivity index (χ0n) is 22.6. The summed E-state index contributed by atoms with van der Waals surface area (Å²) in [5.74, 6) is -1.24. The van der Waals surface area contributed by atoms with Gasteiger partial charge < -0.3 is 15.6 Å². The van der Waals surface area contributed by atoms with E-state index in [1.165, 1.54) is 53.1 Å². The van der Waals surface area contributed by atoms with Crippen LogP contribution in [-0.2, 0) is 16.6 Å². The molecule has 0 spiro atoms. The molecule has 0 fully saturated rings. The number of rotatable bonds is 13. The normalized spacial score (nSPS) is 11.8. The number of hydrogen-bond donors (Lipinski definition) is 5. The Hall–Kier alpha value is -4.50. The molecule has 11 nitrogen and oxygen atoms in total. The number of hydrazine groups is 1. The Balaban J connectivity index is 1.79. The lowest BCUT2D eigenvalue weighted by molar-refractivity contribution is 0.0697. The van der Waals surface area contributed by atoms with E-state index >= 15 is 0 Å². The van der Waals surface area contributed by atoms with Gasteiger partial charge in [0, 0.05) is 17.8 Å². The second-order valence-corrected chi connectivity index (χ2v) is 11.1. The number of carboxylic acid groups (broad SMARTS) is 1. The van der Waals surface area contributed by atoms with Crippen LogP contribution in [-0.4, -0.2) is 29.2 Å². The van der Waals surface area contributed by atoms with Crippen LogP contribution >= 0.6 is 0 Å². The molecule has 0 aliphatic rings. The van der Waals surface area contributed by atoms with E-state index in [0.29, 0.717) is 5.69 Å². The molecule has 3 aromatic rings. The smallest absolute Gasteiger partial charge is 0.335 e. The molecule has 0 radical (unpaired) electrons. The summed E-state index contributed by atoms with van der Waals surface area (Å²) in [4.78, 5) is 23.9. The molecule has 0 saturated heterocycles. The minimum absolute atomic E-state index is 0.0302. The van der Waals surface area contributed by atoms with Gasteiger partial charge >= 0.3 is 5.97 Å². The molecule has 3 rings (SSSR count). The first-order chi connectivity index (χ1) is 19.0. The van der Waals surface area contributed by atoms with E-state index in [-0.39, 0.29) is 51.3 Å². The number of aromatic hydroxyl groups is 1. The van der Waals surface area contributed by atoms with Crippen molar-refractivity contribution >= 4 is 33.1 Å². The Morgan fingerprint density at radius 1 is 1.05 bits per heavy atom. The van der Waals surface area contributed by atoms with Gasteiger partial charge in [0.05, 0.1) is 16.1 Å². The maximum Gasteiger partial charge on any atom is 0.335 e. The molecule has 212 valence electrons. The number of carbonyl (C=O) groups is 1. The van der Waals surface area contributed by atoms with Crippen LogP contribution in [0.3, 0.4) is 0 Å². The molecule has 0 aliphatic heterocycles. The third-order valence-electron chi connectivity index (χ3n) is 6.66. The lowest BCUT2D eigenvalue weighted by atomic mass is 9.99. The van der Waals surface area contributed by atoms with E-state index in [1.54, 1.807) is 6.92 Å². The summed E-state index contributed by atoms with van der Waals surface area (Å²) in [6.45, 7) is 5.96.